The minimum Gasteiger partial charge on any atom is -0.460 e. The lowest BCUT2D eigenvalue weighted by Gasteiger charge is -2.60. The number of rotatable bonds is 8. The highest BCUT2D eigenvalue weighted by molar-refractivity contribution is 5.78. The highest BCUT2D eigenvalue weighted by Gasteiger charge is 2.61. The normalized spacial score (nSPS) is 38.0. The fraction of sp³-hybridized carbons (Fsp3) is 0.882. The van der Waals surface area contributed by atoms with E-state index in [0.29, 0.717) is 36.0 Å². The van der Waals surface area contributed by atoms with Crippen molar-refractivity contribution in [3.05, 3.63) is 11.6 Å². The van der Waals surface area contributed by atoms with Crippen LogP contribution in [-0.4, -0.2) is 41.5 Å². The Hall–Kier alpha value is -1.56. The molecule has 0 aromatic carbocycles. The maximum atomic E-state index is 13.0. The number of aliphatic hydroxyl groups is 1. The number of hydrogen-bond donors (Lipinski definition) is 2. The lowest BCUT2D eigenvalue weighted by molar-refractivity contribution is -0.168. The molecule has 0 radical (unpaired) electrons. The zero-order chi connectivity index (χ0) is 29.5. The Balaban J connectivity index is 1.47. The fourth-order valence-corrected chi connectivity index (χ4v) is 9.53. The van der Waals surface area contributed by atoms with Crippen molar-refractivity contribution >= 4 is 12.1 Å². The molecule has 0 aromatic rings. The van der Waals surface area contributed by atoms with Gasteiger partial charge in [-0.3, -0.25) is 4.79 Å². The van der Waals surface area contributed by atoms with Crippen molar-refractivity contribution in [2.45, 2.75) is 137 Å². The largest absolute Gasteiger partial charge is 0.460 e. The molecule has 40 heavy (non-hydrogen) atoms. The molecule has 0 spiro atoms. The molecule has 2 N–H and O–H groups in total. The maximum absolute atomic E-state index is 13.0. The van der Waals surface area contributed by atoms with E-state index >= 15 is 0 Å². The van der Waals surface area contributed by atoms with Crippen molar-refractivity contribution in [1.29, 1.82) is 0 Å². The number of carbonyl (C=O) groups excluding carboxylic acids is 2. The predicted octanol–water partition coefficient (Wildman–Crippen LogP) is 7.44. The van der Waals surface area contributed by atoms with Gasteiger partial charge < -0.3 is 19.9 Å². The number of alkyl carbamates (subject to hydrolysis) is 1. The van der Waals surface area contributed by atoms with E-state index in [0.717, 1.165) is 30.6 Å². The van der Waals surface area contributed by atoms with E-state index < -0.39 is 23.8 Å². The topological polar surface area (TPSA) is 84.9 Å². The van der Waals surface area contributed by atoms with Crippen LogP contribution in [0, 0.1) is 46.3 Å². The first-order valence-electron chi connectivity index (χ1n) is 16.2. The van der Waals surface area contributed by atoms with Gasteiger partial charge in [0.25, 0.3) is 0 Å². The van der Waals surface area contributed by atoms with Crippen LogP contribution in [0.5, 0.6) is 0 Å². The quantitative estimate of drug-likeness (QED) is 0.239. The smallest absolute Gasteiger partial charge is 0.408 e. The summed E-state index contributed by atoms with van der Waals surface area (Å²) in [6.45, 7) is 17.2. The van der Waals surface area contributed by atoms with Crippen molar-refractivity contribution in [2.24, 2.45) is 46.3 Å². The van der Waals surface area contributed by atoms with Gasteiger partial charge in [-0.25, -0.2) is 4.79 Å². The lowest BCUT2D eigenvalue weighted by Crippen LogP contribution is -2.57. The summed E-state index contributed by atoms with van der Waals surface area (Å²) in [6.07, 6.45) is 12.1. The maximum Gasteiger partial charge on any atom is 0.408 e. The standard InChI is InChI=1S/C34H57NO5/c1-21(2)10-9-11-22(3)26-14-15-27-25-13-12-23-18-24(36)19-29(34(23,8)28(25)16-17-33(26,27)7)39-30(37)20-35-31(38)40-32(4,5)6/h12,21-22,24-29,36H,9-11,13-20H2,1-8H3,(H,35,38)/t22-,24-,25+,26-,27+,28+,29?,33-,34+/m1/s1. The summed E-state index contributed by atoms with van der Waals surface area (Å²) in [4.78, 5) is 25.0. The lowest BCUT2D eigenvalue weighted by atomic mass is 9.46. The van der Waals surface area contributed by atoms with Crippen molar-refractivity contribution in [2.75, 3.05) is 6.54 Å². The van der Waals surface area contributed by atoms with E-state index in [1.54, 1.807) is 20.8 Å². The van der Waals surface area contributed by atoms with Crippen LogP contribution in [0.25, 0.3) is 0 Å². The van der Waals surface area contributed by atoms with Crippen LogP contribution >= 0.6 is 0 Å². The average Bonchev–Trinajstić information content (AvgIpc) is 3.19. The Morgan fingerprint density at radius 1 is 1.10 bits per heavy atom. The minimum absolute atomic E-state index is 0.234. The van der Waals surface area contributed by atoms with Gasteiger partial charge in [0, 0.05) is 11.8 Å². The summed E-state index contributed by atoms with van der Waals surface area (Å²) in [6, 6.07) is 0. The first-order chi connectivity index (χ1) is 18.6. The first-order valence-corrected chi connectivity index (χ1v) is 16.2. The fourth-order valence-electron chi connectivity index (χ4n) is 9.53. The Bertz CT molecular complexity index is 952. The summed E-state index contributed by atoms with van der Waals surface area (Å²) in [7, 11) is 0. The molecule has 4 rings (SSSR count). The molecule has 3 fully saturated rings. The van der Waals surface area contributed by atoms with Crippen LogP contribution in [0.2, 0.25) is 0 Å². The van der Waals surface area contributed by atoms with E-state index in [1.807, 2.05) is 0 Å². The van der Waals surface area contributed by atoms with E-state index in [2.05, 4.69) is 46.0 Å². The van der Waals surface area contributed by atoms with Gasteiger partial charge in [0.1, 0.15) is 18.2 Å². The van der Waals surface area contributed by atoms with Crippen molar-refractivity contribution in [1.82, 2.24) is 5.32 Å². The number of allylic oxidation sites excluding steroid dienone is 1. The summed E-state index contributed by atoms with van der Waals surface area (Å²) < 4.78 is 11.4. The highest BCUT2D eigenvalue weighted by atomic mass is 16.6. The van der Waals surface area contributed by atoms with E-state index in [4.69, 9.17) is 9.47 Å². The number of hydrogen-bond acceptors (Lipinski definition) is 5. The third kappa shape index (κ3) is 6.42. The molecule has 6 nitrogen and oxygen atoms in total. The van der Waals surface area contributed by atoms with Gasteiger partial charge in [0.05, 0.1) is 6.10 Å². The number of aliphatic hydroxyl groups excluding tert-OH is 1. The number of carbonyl (C=O) groups is 2. The van der Waals surface area contributed by atoms with Crippen LogP contribution in [0.1, 0.15) is 120 Å². The Morgan fingerprint density at radius 2 is 1.82 bits per heavy atom. The molecule has 0 aliphatic heterocycles. The molecule has 1 amide bonds. The van der Waals surface area contributed by atoms with Gasteiger partial charge in [0.2, 0.25) is 0 Å². The number of amides is 1. The van der Waals surface area contributed by atoms with Gasteiger partial charge in [-0.1, -0.05) is 65.5 Å². The highest BCUT2D eigenvalue weighted by Crippen LogP contribution is 2.67. The molecule has 228 valence electrons. The zero-order valence-electron chi connectivity index (χ0n) is 26.6. The second-order valence-electron chi connectivity index (χ2n) is 15.6. The first kappa shape index (κ1) is 31.4. The number of nitrogens with one attached hydrogen (secondary N) is 1. The molecule has 4 aliphatic carbocycles. The third-order valence-corrected chi connectivity index (χ3v) is 11.4. The van der Waals surface area contributed by atoms with E-state index in [-0.39, 0.29) is 18.1 Å². The monoisotopic (exact) mass is 559 g/mol. The summed E-state index contributed by atoms with van der Waals surface area (Å²) in [5.41, 5.74) is 0.751. The van der Waals surface area contributed by atoms with Gasteiger partial charge >= 0.3 is 12.1 Å². The van der Waals surface area contributed by atoms with Gasteiger partial charge in [-0.05, 0) is 100 Å². The Labute approximate surface area is 243 Å². The van der Waals surface area contributed by atoms with Gasteiger partial charge in [-0.15, -0.1) is 0 Å². The second kappa shape index (κ2) is 12.0. The molecule has 9 atom stereocenters. The zero-order valence-corrected chi connectivity index (χ0v) is 26.6. The van der Waals surface area contributed by atoms with Gasteiger partial charge in [0.15, 0.2) is 0 Å². The van der Waals surface area contributed by atoms with Crippen LogP contribution in [0.15, 0.2) is 11.6 Å². The van der Waals surface area contributed by atoms with Gasteiger partial charge in [-0.2, -0.15) is 0 Å². The van der Waals surface area contributed by atoms with Crippen LogP contribution in [-0.2, 0) is 14.3 Å². The van der Waals surface area contributed by atoms with Crippen LogP contribution in [0.3, 0.4) is 0 Å². The molecule has 4 aliphatic rings. The van der Waals surface area contributed by atoms with Crippen LogP contribution in [0.4, 0.5) is 4.79 Å². The van der Waals surface area contributed by atoms with Crippen molar-refractivity contribution in [3.63, 3.8) is 0 Å². The number of esters is 1. The molecular formula is C34H57NO5. The third-order valence-electron chi connectivity index (χ3n) is 11.4. The molecule has 1 unspecified atom stereocenters. The molecule has 0 aromatic heterocycles. The van der Waals surface area contributed by atoms with E-state index in [1.165, 1.54) is 44.1 Å². The SMILES string of the molecule is CC(C)CCC[C@@H](C)[C@H]1CC[C@H]2[C@@H]3CC=C4C[C@@H](O)CC(OC(=O)CNC(=O)OC(C)(C)C)[C@]4(C)[C@H]3CC[C@]12C. The second-order valence-corrected chi connectivity index (χ2v) is 15.6. The molecule has 0 saturated heterocycles. The summed E-state index contributed by atoms with van der Waals surface area (Å²) >= 11 is 0. The Morgan fingerprint density at radius 3 is 2.50 bits per heavy atom. The van der Waals surface area contributed by atoms with Crippen molar-refractivity contribution in [3.8, 4) is 0 Å². The van der Waals surface area contributed by atoms with Crippen molar-refractivity contribution < 1.29 is 24.2 Å². The predicted molar refractivity (Wildman–Crippen MR) is 159 cm³/mol. The molecule has 3 saturated carbocycles. The minimum atomic E-state index is -0.633. The summed E-state index contributed by atoms with van der Waals surface area (Å²) in [5.74, 6) is 3.63. The number of ether oxygens (including phenoxy) is 2. The molecular weight excluding hydrogens is 502 g/mol. The average molecular weight is 560 g/mol. The molecule has 0 bridgehead atoms. The Kier molecular flexibility index (Phi) is 9.39. The molecule has 6 heteroatoms. The van der Waals surface area contributed by atoms with E-state index in [9.17, 15) is 14.7 Å². The van der Waals surface area contributed by atoms with Crippen LogP contribution < -0.4 is 5.32 Å². The molecule has 0 heterocycles. The summed E-state index contributed by atoms with van der Waals surface area (Å²) in [5, 5.41) is 13.3. The number of fused-ring (bicyclic) bond motifs is 5.